The third kappa shape index (κ3) is 16.0. The van der Waals surface area contributed by atoms with Gasteiger partial charge in [0.15, 0.2) is 34.5 Å². The third-order valence-electron chi connectivity index (χ3n) is 12.4. The van der Waals surface area contributed by atoms with Gasteiger partial charge in [0, 0.05) is 61.8 Å². The van der Waals surface area contributed by atoms with Gasteiger partial charge < -0.3 is 19.7 Å². The maximum Gasteiger partial charge on any atom is 0.416 e. The molecule has 0 heterocycles. The number of ether oxygens (including phenoxy) is 2. The normalized spacial score (nSPS) is 12.6. The Morgan fingerprint density at radius 2 is 0.926 bits per heavy atom. The number of Topliss-reactive ketones (excluding diaryl/α,β-unsaturated/α-hetero) is 4. The van der Waals surface area contributed by atoms with Gasteiger partial charge in [-0.15, -0.1) is 20.5 Å². The van der Waals surface area contributed by atoms with Gasteiger partial charge in [0.25, 0.3) is 0 Å². The molecule has 7 aromatic rings. The van der Waals surface area contributed by atoms with Crippen LogP contribution in [-0.4, -0.2) is 33.3 Å². The number of nitrogens with zero attached hydrogens (tertiary/aromatic N) is 4. The molecule has 0 spiro atoms. The van der Waals surface area contributed by atoms with Gasteiger partial charge in [0.05, 0.1) is 21.2 Å². The molecule has 416 valence electrons. The highest BCUT2D eigenvalue weighted by Gasteiger charge is 2.32. The van der Waals surface area contributed by atoms with Crippen LogP contribution in [-0.2, 0) is 47.6 Å². The molecule has 0 radical (unpaired) electrons. The molecule has 0 aliphatic heterocycles. The second-order valence-electron chi connectivity index (χ2n) is 18.7. The molecule has 20 heteroatoms. The van der Waals surface area contributed by atoms with E-state index >= 15 is 0 Å². The van der Waals surface area contributed by atoms with E-state index < -0.39 is 64.5 Å². The Hall–Kier alpha value is -8.74. The number of hydrogen-bond acceptors (Lipinski definition) is 12. The number of carbonyl (C=O) groups is 4. The molecule has 0 saturated heterocycles. The Labute approximate surface area is 470 Å². The average Bonchev–Trinajstić information content (AvgIpc) is 3.43. The van der Waals surface area contributed by atoms with Crippen LogP contribution in [0.2, 0.25) is 10.0 Å². The fourth-order valence-electron chi connectivity index (χ4n) is 8.07. The van der Waals surface area contributed by atoms with Gasteiger partial charge in [-0.3, -0.25) is 19.2 Å². The lowest BCUT2D eigenvalue weighted by Crippen LogP contribution is -2.09. The zero-order valence-corrected chi connectivity index (χ0v) is 45.3. The predicted molar refractivity (Wildman–Crippen MR) is 293 cm³/mol. The number of benzene rings is 7. The van der Waals surface area contributed by atoms with E-state index in [4.69, 9.17) is 32.7 Å². The summed E-state index contributed by atoms with van der Waals surface area (Å²) >= 11 is 12.8. The summed E-state index contributed by atoms with van der Waals surface area (Å²) in [6.45, 7) is 7.89. The van der Waals surface area contributed by atoms with Crippen LogP contribution < -0.4 is 9.47 Å². The molecule has 7 rings (SSSR count). The van der Waals surface area contributed by atoms with Crippen molar-refractivity contribution in [1.82, 2.24) is 0 Å². The molecular formula is C61H48Cl2F6N4O8. The van der Waals surface area contributed by atoms with Gasteiger partial charge in [-0.1, -0.05) is 76.8 Å². The predicted octanol–water partition coefficient (Wildman–Crippen LogP) is 17.8. The Morgan fingerprint density at radius 1 is 0.481 bits per heavy atom. The first kappa shape index (κ1) is 59.9. The minimum atomic E-state index is -4.82. The minimum absolute atomic E-state index is 0.0151. The first-order valence-corrected chi connectivity index (χ1v) is 25.3. The number of aliphatic hydroxyl groups is 2. The molecule has 0 aliphatic carbocycles. The van der Waals surface area contributed by atoms with Gasteiger partial charge in [0.2, 0.25) is 0 Å². The quantitative estimate of drug-likeness (QED) is 0.0249. The van der Waals surface area contributed by atoms with Gasteiger partial charge >= 0.3 is 12.4 Å². The van der Waals surface area contributed by atoms with E-state index in [0.29, 0.717) is 45.9 Å². The van der Waals surface area contributed by atoms with Crippen molar-refractivity contribution >= 4 is 57.7 Å². The standard InChI is InChI=1S/C61H48Cl2F6N4O8/c1-33-6-16-46(17-7-33)80-56-22-8-34(2)24-42(56)31-52(76)40-11-20-49(63)51(28-40)71-73-59(37(5)75)55(79)30-39-10-9-38(25-35(39)3)26-54(78)58(36(4)74)72-70-50-29-41(12-21-48(50)62)53(77)32-43-27-45(61(67,68)69)15-23-57(43)81-47-18-13-44(14-19-47)60(64,65)66/h6-25,27-29,78-79H,26,30-32H2,1-5H3. The molecular weight excluding hydrogens is 1100 g/mol. The number of aryl methyl sites for hydroxylation is 3. The van der Waals surface area contributed by atoms with E-state index in [9.17, 15) is 55.7 Å². The van der Waals surface area contributed by atoms with Crippen LogP contribution in [0.5, 0.6) is 23.0 Å². The number of carbonyl (C=O) groups excluding carboxylic acids is 4. The highest BCUT2D eigenvalue weighted by molar-refractivity contribution is 6.33. The number of hydrogen-bond donors (Lipinski definition) is 2. The number of alkyl halides is 6. The smallest absolute Gasteiger partial charge is 0.416 e. The van der Waals surface area contributed by atoms with Crippen molar-refractivity contribution in [3.8, 4) is 23.0 Å². The Morgan fingerprint density at radius 3 is 1.41 bits per heavy atom. The molecule has 0 unspecified atom stereocenters. The fraction of sp³-hybridized carbons (Fsp3) is 0.180. The number of azo groups is 2. The number of allylic oxidation sites excluding steroid dienone is 4. The molecule has 12 nitrogen and oxygen atoms in total. The number of ketones is 4. The highest BCUT2D eigenvalue weighted by Crippen LogP contribution is 2.38. The lowest BCUT2D eigenvalue weighted by Gasteiger charge is -2.15. The molecule has 0 aromatic heterocycles. The summed E-state index contributed by atoms with van der Waals surface area (Å²) in [5, 5.41) is 38.7. The first-order valence-electron chi connectivity index (χ1n) is 24.5. The summed E-state index contributed by atoms with van der Waals surface area (Å²) < 4.78 is 92.5. The number of aliphatic hydroxyl groups excluding tert-OH is 2. The van der Waals surface area contributed by atoms with Crippen LogP contribution in [0.1, 0.15) is 84.6 Å². The molecule has 2 N–H and O–H groups in total. The summed E-state index contributed by atoms with van der Waals surface area (Å²) in [4.78, 5) is 52.9. The monoisotopic (exact) mass is 1150 g/mol. The van der Waals surface area contributed by atoms with E-state index in [1.54, 1.807) is 37.3 Å². The highest BCUT2D eigenvalue weighted by atomic mass is 35.5. The van der Waals surface area contributed by atoms with Gasteiger partial charge in [-0.2, -0.15) is 26.3 Å². The van der Waals surface area contributed by atoms with E-state index in [-0.39, 0.29) is 80.4 Å². The average molecular weight is 1150 g/mol. The second kappa shape index (κ2) is 25.6. The minimum Gasteiger partial charge on any atom is -0.509 e. The number of halogens is 8. The van der Waals surface area contributed by atoms with Crippen molar-refractivity contribution in [2.45, 2.75) is 72.7 Å². The van der Waals surface area contributed by atoms with Crippen molar-refractivity contribution in [2.24, 2.45) is 20.5 Å². The van der Waals surface area contributed by atoms with E-state index in [2.05, 4.69) is 20.5 Å². The summed E-state index contributed by atoms with van der Waals surface area (Å²) in [6, 6.07) is 31.9. The van der Waals surface area contributed by atoms with Crippen molar-refractivity contribution in [2.75, 3.05) is 0 Å². The van der Waals surface area contributed by atoms with Crippen molar-refractivity contribution < 1.29 is 65.2 Å². The number of rotatable bonds is 20. The largest absolute Gasteiger partial charge is 0.509 e. The van der Waals surface area contributed by atoms with Crippen LogP contribution >= 0.6 is 23.2 Å². The van der Waals surface area contributed by atoms with Crippen LogP contribution in [0.3, 0.4) is 0 Å². The maximum absolute atomic E-state index is 13.8. The molecule has 0 amide bonds. The van der Waals surface area contributed by atoms with Gasteiger partial charge in [-0.05, 0) is 135 Å². The molecule has 0 fully saturated rings. The lowest BCUT2D eigenvalue weighted by atomic mass is 9.98. The van der Waals surface area contributed by atoms with E-state index in [1.165, 1.54) is 37.3 Å². The van der Waals surface area contributed by atoms with Crippen LogP contribution in [0.15, 0.2) is 183 Å². The molecule has 0 bridgehead atoms. The van der Waals surface area contributed by atoms with Gasteiger partial charge in [0.1, 0.15) is 45.9 Å². The summed E-state index contributed by atoms with van der Waals surface area (Å²) in [5.74, 6) is -2.52. The van der Waals surface area contributed by atoms with Crippen LogP contribution in [0.25, 0.3) is 0 Å². The third-order valence-corrected chi connectivity index (χ3v) is 13.0. The molecule has 0 atom stereocenters. The first-order chi connectivity index (χ1) is 38.2. The van der Waals surface area contributed by atoms with Crippen molar-refractivity contribution in [1.29, 1.82) is 0 Å². The van der Waals surface area contributed by atoms with Crippen LogP contribution in [0.4, 0.5) is 37.7 Å². The second-order valence-corrected chi connectivity index (χ2v) is 19.5. The van der Waals surface area contributed by atoms with E-state index in [0.717, 1.165) is 48.4 Å². The zero-order chi connectivity index (χ0) is 58.9. The lowest BCUT2D eigenvalue weighted by molar-refractivity contribution is -0.138. The zero-order valence-electron chi connectivity index (χ0n) is 43.8. The topological polar surface area (TPSA) is 177 Å². The SMILES string of the molecule is CC(=O)C(N=Nc1cc(C(=O)Cc2cc(C(F)(F)F)ccc2Oc2ccc(C(F)(F)F)cc2)ccc1Cl)=C(O)Cc1ccc(CC(O)=C(N=Nc2cc(C(=O)Cc3cc(C)ccc3Oc3ccc(C)cc3)ccc2Cl)C(C)=O)c(C)c1. The van der Waals surface area contributed by atoms with E-state index in [1.807, 2.05) is 50.2 Å². The van der Waals surface area contributed by atoms with Crippen molar-refractivity contribution in [3.05, 3.63) is 234 Å². The summed E-state index contributed by atoms with van der Waals surface area (Å²) in [6.07, 6.45) is -10.6. The summed E-state index contributed by atoms with van der Waals surface area (Å²) in [5.41, 5.74) is 1.18. The Kier molecular flexibility index (Phi) is 18.9. The molecule has 0 aliphatic rings. The molecule has 7 aromatic carbocycles. The van der Waals surface area contributed by atoms with Gasteiger partial charge in [-0.25, -0.2) is 0 Å². The summed E-state index contributed by atoms with van der Waals surface area (Å²) in [7, 11) is 0. The Balaban J connectivity index is 1.04. The van der Waals surface area contributed by atoms with Crippen LogP contribution in [0, 0.1) is 20.8 Å². The molecule has 81 heavy (non-hydrogen) atoms. The maximum atomic E-state index is 13.8. The van der Waals surface area contributed by atoms with Crippen molar-refractivity contribution in [3.63, 3.8) is 0 Å². The fourth-order valence-corrected chi connectivity index (χ4v) is 8.38. The molecule has 0 saturated carbocycles. The Bertz CT molecular complexity index is 3710.